The monoisotopic (exact) mass is 540 g/mol. The second-order valence-corrected chi connectivity index (χ2v) is 8.90. The summed E-state index contributed by atoms with van der Waals surface area (Å²) in [5.41, 5.74) is -0.419. The van der Waals surface area contributed by atoms with Gasteiger partial charge in [0.05, 0.1) is 47.4 Å². The molecule has 36 heavy (non-hydrogen) atoms. The molecule has 0 bridgehead atoms. The van der Waals surface area contributed by atoms with Gasteiger partial charge in [0.2, 0.25) is 5.91 Å². The number of carbonyl (C=O) groups is 3. The molecule has 0 fully saturated rings. The molecule has 1 aromatic heterocycles. The summed E-state index contributed by atoms with van der Waals surface area (Å²) < 4.78 is 49.1. The zero-order valence-electron chi connectivity index (χ0n) is 19.2. The van der Waals surface area contributed by atoms with Crippen molar-refractivity contribution < 1.29 is 37.0 Å². The summed E-state index contributed by atoms with van der Waals surface area (Å²) in [4.78, 5) is 38.0. The van der Waals surface area contributed by atoms with Gasteiger partial charge < -0.3 is 20.1 Å². The summed E-state index contributed by atoms with van der Waals surface area (Å²) in [6.07, 6.45) is -4.66. The van der Waals surface area contributed by atoms with Crippen molar-refractivity contribution in [3.63, 3.8) is 0 Å². The van der Waals surface area contributed by atoms with E-state index >= 15 is 0 Å². The lowest BCUT2D eigenvalue weighted by Gasteiger charge is -2.11. The number of alkyl halides is 3. The summed E-state index contributed by atoms with van der Waals surface area (Å²) >= 11 is 6.76. The molecule has 0 saturated heterocycles. The number of hydrogen-bond acceptors (Lipinski definition) is 6. The largest absolute Gasteiger partial charge is 0.497 e. The fraction of sp³-hybridized carbons (Fsp3) is 0.208. The minimum Gasteiger partial charge on any atom is -0.497 e. The molecule has 0 atom stereocenters. The number of halogens is 4. The fourth-order valence-corrected chi connectivity index (χ4v) is 4.51. The number of hydrogen-bond donors (Lipinski definition) is 2. The van der Waals surface area contributed by atoms with Gasteiger partial charge in [0.25, 0.3) is 5.91 Å². The zero-order chi connectivity index (χ0) is 26.6. The van der Waals surface area contributed by atoms with Crippen molar-refractivity contribution in [1.82, 2.24) is 0 Å². The maximum Gasteiger partial charge on any atom is 0.416 e. The number of methoxy groups -OCH3 is 2. The normalized spacial score (nSPS) is 11.1. The Balaban J connectivity index is 1.87. The Labute approximate surface area is 213 Å². The van der Waals surface area contributed by atoms with E-state index in [1.807, 2.05) is 0 Å². The highest BCUT2D eigenvalue weighted by molar-refractivity contribution is 7.19. The number of nitrogens with one attached hydrogen (secondary N) is 2. The van der Waals surface area contributed by atoms with E-state index in [9.17, 15) is 27.6 Å². The molecule has 0 aliphatic heterocycles. The maximum absolute atomic E-state index is 13.1. The number of amides is 2. The van der Waals surface area contributed by atoms with Crippen LogP contribution in [0.15, 0.2) is 42.5 Å². The second kappa shape index (κ2) is 11.0. The summed E-state index contributed by atoms with van der Waals surface area (Å²) in [6, 6.07) is 9.32. The number of esters is 1. The van der Waals surface area contributed by atoms with E-state index in [0.717, 1.165) is 30.6 Å². The molecule has 12 heteroatoms. The second-order valence-electron chi connectivity index (χ2n) is 7.47. The van der Waals surface area contributed by atoms with Crippen LogP contribution in [0.4, 0.5) is 23.9 Å². The molecule has 0 aliphatic rings. The number of thiophene rings is 1. The Morgan fingerprint density at radius 2 is 1.69 bits per heavy atom. The number of ether oxygens (including phenoxy) is 2. The van der Waals surface area contributed by atoms with Gasteiger partial charge in [-0.05, 0) is 48.4 Å². The Hall–Kier alpha value is -3.57. The lowest BCUT2D eigenvalue weighted by atomic mass is 10.1. The van der Waals surface area contributed by atoms with Crippen LogP contribution in [0.5, 0.6) is 5.75 Å². The van der Waals surface area contributed by atoms with Crippen molar-refractivity contribution in [2.24, 2.45) is 0 Å². The lowest BCUT2D eigenvalue weighted by molar-refractivity contribution is -0.137. The summed E-state index contributed by atoms with van der Waals surface area (Å²) in [5, 5.41) is 4.92. The van der Waals surface area contributed by atoms with E-state index < -0.39 is 29.5 Å². The molecule has 3 rings (SSSR count). The Morgan fingerprint density at radius 3 is 2.28 bits per heavy atom. The Morgan fingerprint density at radius 1 is 1.03 bits per heavy atom. The van der Waals surface area contributed by atoms with Gasteiger partial charge in [-0.15, -0.1) is 11.3 Å². The highest BCUT2D eigenvalue weighted by Crippen LogP contribution is 2.37. The third-order valence-corrected chi connectivity index (χ3v) is 6.60. The third kappa shape index (κ3) is 6.16. The standard InChI is InChI=1S/C24H20ClF3N2O5S/c1-12-19(23(33)35-3)22(30-18(31)10-13-4-7-15(34-2)8-5-13)36-20(12)21(32)29-17-11-14(24(26,27)28)6-9-16(17)25/h4-9,11H,10H2,1-3H3,(H,29,32)(H,30,31). The van der Waals surface area contributed by atoms with E-state index in [1.165, 1.54) is 14.0 Å². The number of anilines is 2. The predicted octanol–water partition coefficient (Wildman–Crippen LogP) is 5.96. The third-order valence-electron chi connectivity index (χ3n) is 5.06. The van der Waals surface area contributed by atoms with Crippen molar-refractivity contribution in [2.45, 2.75) is 19.5 Å². The van der Waals surface area contributed by atoms with E-state index in [4.69, 9.17) is 21.1 Å². The SMILES string of the molecule is COC(=O)c1c(NC(=O)Cc2ccc(OC)cc2)sc(C(=O)Nc2cc(C(F)(F)F)ccc2Cl)c1C. The van der Waals surface area contributed by atoms with Crippen LogP contribution >= 0.6 is 22.9 Å². The first-order valence-electron chi connectivity index (χ1n) is 10.3. The molecule has 1 heterocycles. The van der Waals surface area contributed by atoms with Gasteiger partial charge in [0.15, 0.2) is 0 Å². The van der Waals surface area contributed by atoms with Gasteiger partial charge in [-0.3, -0.25) is 9.59 Å². The molecule has 2 aromatic carbocycles. The van der Waals surface area contributed by atoms with Crippen LogP contribution in [0.1, 0.15) is 36.7 Å². The van der Waals surface area contributed by atoms with Crippen LogP contribution in [0.2, 0.25) is 5.02 Å². The first kappa shape index (κ1) is 27.0. The quantitative estimate of drug-likeness (QED) is 0.361. The van der Waals surface area contributed by atoms with Crippen molar-refractivity contribution in [1.29, 1.82) is 0 Å². The number of benzene rings is 2. The molecular weight excluding hydrogens is 521 g/mol. The molecule has 2 N–H and O–H groups in total. The number of rotatable bonds is 7. The van der Waals surface area contributed by atoms with Crippen LogP contribution < -0.4 is 15.4 Å². The first-order chi connectivity index (χ1) is 16.9. The van der Waals surface area contributed by atoms with Crippen LogP contribution in [-0.4, -0.2) is 32.0 Å². The van der Waals surface area contributed by atoms with E-state index in [0.29, 0.717) is 17.4 Å². The zero-order valence-corrected chi connectivity index (χ0v) is 20.8. The Bertz CT molecular complexity index is 1310. The lowest BCUT2D eigenvalue weighted by Crippen LogP contribution is -2.16. The molecule has 190 valence electrons. The van der Waals surface area contributed by atoms with E-state index in [2.05, 4.69) is 10.6 Å². The Kier molecular flexibility index (Phi) is 8.26. The highest BCUT2D eigenvalue weighted by Gasteiger charge is 2.32. The summed E-state index contributed by atoms with van der Waals surface area (Å²) in [5.74, 6) is -1.43. The van der Waals surface area contributed by atoms with Gasteiger partial charge >= 0.3 is 12.1 Å². The molecule has 3 aromatic rings. The van der Waals surface area contributed by atoms with Crippen molar-refractivity contribution in [3.05, 3.63) is 74.6 Å². The molecule has 0 aliphatic carbocycles. The molecule has 0 unspecified atom stereocenters. The average molecular weight is 541 g/mol. The van der Waals surface area contributed by atoms with E-state index in [-0.39, 0.29) is 38.1 Å². The highest BCUT2D eigenvalue weighted by atomic mass is 35.5. The van der Waals surface area contributed by atoms with Crippen LogP contribution in [0, 0.1) is 6.92 Å². The van der Waals surface area contributed by atoms with Crippen molar-refractivity contribution in [2.75, 3.05) is 24.9 Å². The van der Waals surface area contributed by atoms with Gasteiger partial charge in [0.1, 0.15) is 10.8 Å². The first-order valence-corrected chi connectivity index (χ1v) is 11.5. The summed E-state index contributed by atoms with van der Waals surface area (Å²) in [7, 11) is 2.66. The number of carbonyl (C=O) groups excluding carboxylic acids is 3. The average Bonchev–Trinajstić information content (AvgIpc) is 3.15. The topological polar surface area (TPSA) is 93.7 Å². The molecule has 0 spiro atoms. The van der Waals surface area contributed by atoms with Gasteiger partial charge in [-0.1, -0.05) is 23.7 Å². The maximum atomic E-state index is 13.1. The van der Waals surface area contributed by atoms with Crippen LogP contribution in [0.25, 0.3) is 0 Å². The predicted molar refractivity (Wildman–Crippen MR) is 130 cm³/mol. The molecule has 2 amide bonds. The van der Waals surface area contributed by atoms with Crippen LogP contribution in [0.3, 0.4) is 0 Å². The molecule has 0 radical (unpaired) electrons. The van der Waals surface area contributed by atoms with Crippen molar-refractivity contribution >= 4 is 51.4 Å². The fourth-order valence-electron chi connectivity index (χ4n) is 3.24. The van der Waals surface area contributed by atoms with Gasteiger partial charge in [0, 0.05) is 0 Å². The molecular formula is C24H20ClF3N2O5S. The minimum absolute atomic E-state index is 0.0105. The summed E-state index contributed by atoms with van der Waals surface area (Å²) in [6.45, 7) is 1.46. The van der Waals surface area contributed by atoms with Crippen LogP contribution in [-0.2, 0) is 22.1 Å². The van der Waals surface area contributed by atoms with Gasteiger partial charge in [-0.2, -0.15) is 13.2 Å². The smallest absolute Gasteiger partial charge is 0.416 e. The molecule has 0 saturated carbocycles. The minimum atomic E-state index is -4.64. The molecule has 7 nitrogen and oxygen atoms in total. The van der Waals surface area contributed by atoms with E-state index in [1.54, 1.807) is 24.3 Å². The van der Waals surface area contributed by atoms with Crippen molar-refractivity contribution in [3.8, 4) is 5.75 Å². The van der Waals surface area contributed by atoms with Gasteiger partial charge in [-0.25, -0.2) is 4.79 Å².